The smallest absolute Gasteiger partial charge is 0.346 e. The number of ether oxygens (including phenoxy) is 2. The Labute approximate surface area is 137 Å². The molecule has 0 aliphatic carbocycles. The monoisotopic (exact) mass is 335 g/mol. The standard InChI is InChI=1S/C15H17N3O4S/c1-4-21-15(19)11(12(16)23-3)14-18-17-13(22-14)9-5-7-10(20-2)8-6-9/h5-8H,4,16H2,1-3H3. The van der Waals surface area contributed by atoms with Crippen molar-refractivity contribution >= 4 is 23.3 Å². The molecule has 1 heterocycles. The number of nitrogens with zero attached hydrogens (tertiary/aromatic N) is 2. The maximum atomic E-state index is 12.1. The number of esters is 1. The van der Waals surface area contributed by atoms with E-state index in [1.165, 1.54) is 11.8 Å². The van der Waals surface area contributed by atoms with Gasteiger partial charge in [-0.15, -0.1) is 22.0 Å². The van der Waals surface area contributed by atoms with Gasteiger partial charge < -0.3 is 19.6 Å². The molecule has 0 radical (unpaired) electrons. The summed E-state index contributed by atoms with van der Waals surface area (Å²) in [6.07, 6.45) is 1.75. The minimum Gasteiger partial charge on any atom is -0.497 e. The summed E-state index contributed by atoms with van der Waals surface area (Å²) in [4.78, 5) is 12.1. The lowest BCUT2D eigenvalue weighted by atomic mass is 10.2. The number of methoxy groups -OCH3 is 1. The number of hydrogen-bond acceptors (Lipinski definition) is 8. The number of rotatable bonds is 6. The van der Waals surface area contributed by atoms with Gasteiger partial charge in [-0.3, -0.25) is 0 Å². The number of benzene rings is 1. The van der Waals surface area contributed by atoms with Gasteiger partial charge in [0.1, 0.15) is 5.75 Å². The van der Waals surface area contributed by atoms with E-state index in [-0.39, 0.29) is 29.0 Å². The van der Waals surface area contributed by atoms with Crippen molar-refractivity contribution in [2.24, 2.45) is 5.73 Å². The van der Waals surface area contributed by atoms with E-state index < -0.39 is 5.97 Å². The van der Waals surface area contributed by atoms with Crippen molar-refractivity contribution < 1.29 is 18.7 Å². The molecule has 0 bridgehead atoms. The van der Waals surface area contributed by atoms with Gasteiger partial charge in [0.25, 0.3) is 5.89 Å². The van der Waals surface area contributed by atoms with Crippen LogP contribution < -0.4 is 10.5 Å². The molecule has 0 saturated heterocycles. The fraction of sp³-hybridized carbons (Fsp3) is 0.267. The molecule has 0 atom stereocenters. The maximum absolute atomic E-state index is 12.1. The summed E-state index contributed by atoms with van der Waals surface area (Å²) in [6, 6.07) is 7.11. The molecule has 2 rings (SSSR count). The Morgan fingerprint density at radius 3 is 2.57 bits per heavy atom. The molecule has 7 nitrogen and oxygen atoms in total. The van der Waals surface area contributed by atoms with Crippen molar-refractivity contribution in [1.29, 1.82) is 0 Å². The van der Waals surface area contributed by atoms with Gasteiger partial charge in [-0.1, -0.05) is 0 Å². The van der Waals surface area contributed by atoms with Crippen LogP contribution in [-0.4, -0.2) is 36.1 Å². The van der Waals surface area contributed by atoms with E-state index in [0.717, 1.165) is 0 Å². The van der Waals surface area contributed by atoms with Crippen LogP contribution in [0.2, 0.25) is 0 Å². The lowest BCUT2D eigenvalue weighted by Gasteiger charge is -2.05. The third-order valence-corrected chi connectivity index (χ3v) is 3.57. The average molecular weight is 335 g/mol. The summed E-state index contributed by atoms with van der Waals surface area (Å²) in [7, 11) is 1.58. The van der Waals surface area contributed by atoms with Crippen LogP contribution in [0.4, 0.5) is 0 Å². The molecular weight excluding hydrogens is 318 g/mol. The SMILES string of the molecule is CCOC(=O)C(=C(N)SC)c1nnc(-c2ccc(OC)cc2)o1. The number of hydrogen-bond donors (Lipinski definition) is 1. The molecule has 2 aromatic rings. The van der Waals surface area contributed by atoms with Gasteiger partial charge in [-0.05, 0) is 37.4 Å². The van der Waals surface area contributed by atoms with E-state index in [1.807, 2.05) is 0 Å². The Morgan fingerprint density at radius 2 is 2.00 bits per heavy atom. The van der Waals surface area contributed by atoms with Gasteiger partial charge in [0.15, 0.2) is 5.57 Å². The third-order valence-electron chi connectivity index (χ3n) is 2.92. The summed E-state index contributed by atoms with van der Waals surface area (Å²) >= 11 is 1.20. The molecule has 0 unspecified atom stereocenters. The molecular formula is C15H17N3O4S. The highest BCUT2D eigenvalue weighted by molar-refractivity contribution is 8.02. The van der Waals surface area contributed by atoms with Crippen molar-refractivity contribution in [2.75, 3.05) is 20.0 Å². The topological polar surface area (TPSA) is 100 Å². The summed E-state index contributed by atoms with van der Waals surface area (Å²) in [6.45, 7) is 1.94. The molecule has 0 aliphatic rings. The van der Waals surface area contributed by atoms with Crippen molar-refractivity contribution in [1.82, 2.24) is 10.2 Å². The van der Waals surface area contributed by atoms with Gasteiger partial charge in [-0.2, -0.15) is 0 Å². The van der Waals surface area contributed by atoms with Crippen molar-refractivity contribution in [3.05, 3.63) is 35.2 Å². The first-order valence-corrected chi connectivity index (χ1v) is 8.02. The molecule has 0 spiro atoms. The van der Waals surface area contributed by atoms with E-state index in [9.17, 15) is 4.79 Å². The lowest BCUT2D eigenvalue weighted by Crippen LogP contribution is -2.12. The molecule has 1 aromatic carbocycles. The van der Waals surface area contributed by atoms with E-state index in [4.69, 9.17) is 19.6 Å². The van der Waals surface area contributed by atoms with Gasteiger partial charge in [0.2, 0.25) is 5.89 Å². The maximum Gasteiger partial charge on any atom is 0.346 e. The van der Waals surface area contributed by atoms with Crippen molar-refractivity contribution in [3.63, 3.8) is 0 Å². The quantitative estimate of drug-likeness (QED) is 0.634. The van der Waals surface area contributed by atoms with Crippen LogP contribution in [0, 0.1) is 0 Å². The van der Waals surface area contributed by atoms with Crippen LogP contribution in [0.5, 0.6) is 5.75 Å². The second-order valence-corrected chi connectivity index (χ2v) is 5.15. The molecule has 0 saturated carbocycles. The van der Waals surface area contributed by atoms with Gasteiger partial charge in [0.05, 0.1) is 18.7 Å². The van der Waals surface area contributed by atoms with Crippen molar-refractivity contribution in [3.8, 4) is 17.2 Å². The minimum absolute atomic E-state index is 0.0288. The Hall–Kier alpha value is -2.48. The second kappa shape index (κ2) is 7.68. The minimum atomic E-state index is -0.593. The molecule has 1 aromatic heterocycles. The zero-order valence-corrected chi connectivity index (χ0v) is 13.8. The first-order chi connectivity index (χ1) is 11.1. The highest BCUT2D eigenvalue weighted by atomic mass is 32.2. The van der Waals surface area contributed by atoms with Crippen LogP contribution >= 0.6 is 11.8 Å². The van der Waals surface area contributed by atoms with Crippen LogP contribution in [0.15, 0.2) is 33.7 Å². The molecule has 0 aliphatic heterocycles. The molecule has 0 fully saturated rings. The number of carbonyl (C=O) groups is 1. The summed E-state index contributed by atoms with van der Waals surface area (Å²) < 4.78 is 15.7. The highest BCUT2D eigenvalue weighted by Gasteiger charge is 2.24. The summed E-state index contributed by atoms with van der Waals surface area (Å²) in [5.74, 6) is 0.427. The normalized spacial score (nSPS) is 11.8. The fourth-order valence-corrected chi connectivity index (χ4v) is 2.15. The van der Waals surface area contributed by atoms with E-state index in [0.29, 0.717) is 11.3 Å². The van der Waals surface area contributed by atoms with Crippen LogP contribution in [0.1, 0.15) is 12.8 Å². The van der Waals surface area contributed by atoms with Crippen LogP contribution in [-0.2, 0) is 9.53 Å². The largest absolute Gasteiger partial charge is 0.497 e. The highest BCUT2D eigenvalue weighted by Crippen LogP contribution is 2.26. The Kier molecular flexibility index (Phi) is 5.64. The van der Waals surface area contributed by atoms with Crippen LogP contribution in [0.25, 0.3) is 17.0 Å². The molecule has 2 N–H and O–H groups in total. The first kappa shape index (κ1) is 16.9. The Morgan fingerprint density at radius 1 is 1.30 bits per heavy atom. The number of carbonyl (C=O) groups excluding carboxylic acids is 1. The zero-order chi connectivity index (χ0) is 16.8. The average Bonchev–Trinajstić information content (AvgIpc) is 3.04. The zero-order valence-electron chi connectivity index (χ0n) is 13.0. The molecule has 122 valence electrons. The predicted octanol–water partition coefficient (Wildman–Crippen LogP) is 2.30. The van der Waals surface area contributed by atoms with Gasteiger partial charge >= 0.3 is 5.97 Å². The number of nitrogens with two attached hydrogens (primary N) is 1. The predicted molar refractivity (Wildman–Crippen MR) is 87.5 cm³/mol. The summed E-state index contributed by atoms with van der Waals surface area (Å²) in [5.41, 5.74) is 6.64. The van der Waals surface area contributed by atoms with E-state index in [1.54, 1.807) is 44.6 Å². The molecule has 0 amide bonds. The number of aromatic nitrogens is 2. The second-order valence-electron chi connectivity index (χ2n) is 4.30. The molecule has 23 heavy (non-hydrogen) atoms. The van der Waals surface area contributed by atoms with Gasteiger partial charge in [0, 0.05) is 5.56 Å². The van der Waals surface area contributed by atoms with Gasteiger partial charge in [-0.25, -0.2) is 4.79 Å². The van der Waals surface area contributed by atoms with E-state index in [2.05, 4.69) is 10.2 Å². The third kappa shape index (κ3) is 3.84. The Balaban J connectivity index is 2.36. The summed E-state index contributed by atoms with van der Waals surface area (Å²) in [5, 5.41) is 8.12. The Bertz CT molecular complexity index is 710. The molecule has 8 heteroatoms. The van der Waals surface area contributed by atoms with E-state index >= 15 is 0 Å². The lowest BCUT2D eigenvalue weighted by molar-refractivity contribution is -0.136. The van der Waals surface area contributed by atoms with Crippen LogP contribution in [0.3, 0.4) is 0 Å². The number of thioether (sulfide) groups is 1. The fourth-order valence-electron chi connectivity index (χ4n) is 1.77. The first-order valence-electron chi connectivity index (χ1n) is 6.79. The van der Waals surface area contributed by atoms with Crippen molar-refractivity contribution in [2.45, 2.75) is 6.92 Å².